The summed E-state index contributed by atoms with van der Waals surface area (Å²) in [4.78, 5) is 4.03. The zero-order valence-electron chi connectivity index (χ0n) is 7.24. The highest BCUT2D eigenvalue weighted by atomic mass is 35.5. The molecule has 0 amide bonds. The molecule has 0 saturated heterocycles. The highest BCUT2D eigenvalue weighted by molar-refractivity contribution is 6.39. The molecule has 0 saturated carbocycles. The summed E-state index contributed by atoms with van der Waals surface area (Å²) in [6.45, 7) is 0. The Hall–Kier alpha value is -1.05. The minimum atomic E-state index is 0.644. The number of rotatable bonds is 1. The SMILES string of the molecule is Clc1cccc(Cl)c1-c1cccnc1. The maximum Gasteiger partial charge on any atom is 0.0499 e. The van der Waals surface area contributed by atoms with E-state index in [1.165, 1.54) is 0 Å². The molecule has 2 aromatic rings. The molecule has 70 valence electrons. The van der Waals surface area contributed by atoms with Gasteiger partial charge < -0.3 is 0 Å². The topological polar surface area (TPSA) is 12.9 Å². The van der Waals surface area contributed by atoms with Crippen LogP contribution in [0.1, 0.15) is 0 Å². The minimum Gasteiger partial charge on any atom is -0.264 e. The lowest BCUT2D eigenvalue weighted by Crippen LogP contribution is -1.82. The number of hydrogen-bond acceptors (Lipinski definition) is 1. The van der Waals surface area contributed by atoms with E-state index in [0.29, 0.717) is 10.0 Å². The predicted molar refractivity (Wildman–Crippen MR) is 59.7 cm³/mol. The number of halogens is 2. The van der Waals surface area contributed by atoms with E-state index < -0.39 is 0 Å². The van der Waals surface area contributed by atoms with E-state index in [9.17, 15) is 0 Å². The standard InChI is InChI=1S/C11H7Cl2N/c12-9-4-1-5-10(13)11(9)8-3-2-6-14-7-8/h1-7H. The van der Waals surface area contributed by atoms with Crippen LogP contribution in [0.3, 0.4) is 0 Å². The summed E-state index contributed by atoms with van der Waals surface area (Å²) in [6.07, 6.45) is 3.46. The Morgan fingerprint density at radius 2 is 1.64 bits per heavy atom. The van der Waals surface area contributed by atoms with Gasteiger partial charge in [-0.3, -0.25) is 4.98 Å². The minimum absolute atomic E-state index is 0.644. The molecule has 0 aliphatic carbocycles. The third-order valence-corrected chi connectivity index (χ3v) is 2.54. The number of benzene rings is 1. The maximum atomic E-state index is 6.05. The van der Waals surface area contributed by atoms with Gasteiger partial charge in [0.15, 0.2) is 0 Å². The average molecular weight is 224 g/mol. The van der Waals surface area contributed by atoms with Gasteiger partial charge in [-0.05, 0) is 18.2 Å². The Labute approximate surface area is 92.3 Å². The van der Waals surface area contributed by atoms with Crippen LogP contribution in [0.15, 0.2) is 42.7 Å². The summed E-state index contributed by atoms with van der Waals surface area (Å²) >= 11 is 12.1. The van der Waals surface area contributed by atoms with Crippen molar-refractivity contribution in [1.29, 1.82) is 0 Å². The summed E-state index contributed by atoms with van der Waals surface area (Å²) in [6, 6.07) is 9.24. The Bertz CT molecular complexity index is 420. The van der Waals surface area contributed by atoms with Crippen LogP contribution in [0.5, 0.6) is 0 Å². The third kappa shape index (κ3) is 1.74. The molecule has 0 aliphatic heterocycles. The van der Waals surface area contributed by atoms with Gasteiger partial charge in [0.25, 0.3) is 0 Å². The first-order valence-corrected chi connectivity index (χ1v) is 4.89. The van der Waals surface area contributed by atoms with Gasteiger partial charge in [0.2, 0.25) is 0 Å². The van der Waals surface area contributed by atoms with E-state index >= 15 is 0 Å². The lowest BCUT2D eigenvalue weighted by molar-refractivity contribution is 1.33. The molecule has 1 heterocycles. The van der Waals surface area contributed by atoms with E-state index in [0.717, 1.165) is 11.1 Å². The molecule has 0 aliphatic rings. The molecule has 14 heavy (non-hydrogen) atoms. The third-order valence-electron chi connectivity index (χ3n) is 1.91. The van der Waals surface area contributed by atoms with Gasteiger partial charge >= 0.3 is 0 Å². The molecule has 0 fully saturated rings. The first-order valence-electron chi connectivity index (χ1n) is 4.13. The second kappa shape index (κ2) is 3.99. The zero-order valence-corrected chi connectivity index (χ0v) is 8.76. The molecule has 3 heteroatoms. The fourth-order valence-corrected chi connectivity index (χ4v) is 1.90. The van der Waals surface area contributed by atoms with Crippen molar-refractivity contribution in [3.8, 4) is 11.1 Å². The van der Waals surface area contributed by atoms with E-state index in [1.54, 1.807) is 12.4 Å². The second-order valence-electron chi connectivity index (χ2n) is 2.84. The zero-order chi connectivity index (χ0) is 9.97. The maximum absolute atomic E-state index is 6.05. The Morgan fingerprint density at radius 1 is 0.929 bits per heavy atom. The molecule has 0 bridgehead atoms. The molecule has 0 radical (unpaired) electrons. The van der Waals surface area contributed by atoms with Gasteiger partial charge in [0.05, 0.1) is 0 Å². The lowest BCUT2D eigenvalue weighted by atomic mass is 10.1. The monoisotopic (exact) mass is 223 g/mol. The summed E-state index contributed by atoms with van der Waals surface area (Å²) in [5.74, 6) is 0. The first kappa shape index (κ1) is 9.50. The Kier molecular flexibility index (Phi) is 2.71. The molecule has 1 aromatic carbocycles. The van der Waals surface area contributed by atoms with Crippen molar-refractivity contribution in [3.05, 3.63) is 52.8 Å². The van der Waals surface area contributed by atoms with Crippen LogP contribution in [0, 0.1) is 0 Å². The van der Waals surface area contributed by atoms with Crippen LogP contribution in [0.2, 0.25) is 10.0 Å². The van der Waals surface area contributed by atoms with Crippen LogP contribution in [-0.2, 0) is 0 Å². The fraction of sp³-hybridized carbons (Fsp3) is 0. The van der Waals surface area contributed by atoms with Crippen molar-refractivity contribution in [2.75, 3.05) is 0 Å². The van der Waals surface area contributed by atoms with Gasteiger partial charge in [-0.2, -0.15) is 0 Å². The van der Waals surface area contributed by atoms with Crippen LogP contribution in [-0.4, -0.2) is 4.98 Å². The Morgan fingerprint density at radius 3 is 2.21 bits per heavy atom. The lowest BCUT2D eigenvalue weighted by Gasteiger charge is -2.05. The highest BCUT2D eigenvalue weighted by Crippen LogP contribution is 2.33. The van der Waals surface area contributed by atoms with Crippen LogP contribution >= 0.6 is 23.2 Å². The van der Waals surface area contributed by atoms with E-state index in [4.69, 9.17) is 23.2 Å². The summed E-state index contributed by atoms with van der Waals surface area (Å²) < 4.78 is 0. The highest BCUT2D eigenvalue weighted by Gasteiger charge is 2.06. The summed E-state index contributed by atoms with van der Waals surface area (Å²) in [5, 5.41) is 1.29. The number of hydrogen-bond donors (Lipinski definition) is 0. The van der Waals surface area contributed by atoms with Crippen LogP contribution in [0.4, 0.5) is 0 Å². The van der Waals surface area contributed by atoms with Crippen molar-refractivity contribution in [2.45, 2.75) is 0 Å². The van der Waals surface area contributed by atoms with E-state index in [1.807, 2.05) is 30.3 Å². The molecule has 0 atom stereocenters. The van der Waals surface area contributed by atoms with Gasteiger partial charge in [-0.15, -0.1) is 0 Å². The van der Waals surface area contributed by atoms with Gasteiger partial charge in [0, 0.05) is 33.6 Å². The Balaban J connectivity index is 2.63. The van der Waals surface area contributed by atoms with Crippen molar-refractivity contribution in [1.82, 2.24) is 4.98 Å². The first-order chi connectivity index (χ1) is 6.79. The molecule has 0 N–H and O–H groups in total. The molecule has 0 spiro atoms. The van der Waals surface area contributed by atoms with Gasteiger partial charge in [0.1, 0.15) is 0 Å². The smallest absolute Gasteiger partial charge is 0.0499 e. The van der Waals surface area contributed by atoms with Gasteiger partial charge in [-0.25, -0.2) is 0 Å². The number of pyridine rings is 1. The summed E-state index contributed by atoms with van der Waals surface area (Å²) in [5.41, 5.74) is 1.77. The van der Waals surface area contributed by atoms with Crippen molar-refractivity contribution in [2.24, 2.45) is 0 Å². The van der Waals surface area contributed by atoms with Crippen molar-refractivity contribution >= 4 is 23.2 Å². The van der Waals surface area contributed by atoms with Crippen LogP contribution in [0.25, 0.3) is 11.1 Å². The number of nitrogens with zero attached hydrogens (tertiary/aromatic N) is 1. The normalized spacial score (nSPS) is 10.1. The second-order valence-corrected chi connectivity index (χ2v) is 3.65. The van der Waals surface area contributed by atoms with Gasteiger partial charge in [-0.1, -0.05) is 35.3 Å². The molecule has 0 unspecified atom stereocenters. The molecular weight excluding hydrogens is 217 g/mol. The van der Waals surface area contributed by atoms with E-state index in [-0.39, 0.29) is 0 Å². The predicted octanol–water partition coefficient (Wildman–Crippen LogP) is 4.06. The number of aromatic nitrogens is 1. The van der Waals surface area contributed by atoms with Crippen LogP contribution < -0.4 is 0 Å². The molecular formula is C11H7Cl2N. The largest absolute Gasteiger partial charge is 0.264 e. The average Bonchev–Trinajstić information content (AvgIpc) is 2.19. The van der Waals surface area contributed by atoms with Crippen molar-refractivity contribution in [3.63, 3.8) is 0 Å². The van der Waals surface area contributed by atoms with Crippen molar-refractivity contribution < 1.29 is 0 Å². The quantitative estimate of drug-likeness (QED) is 0.711. The fourth-order valence-electron chi connectivity index (χ4n) is 1.28. The molecule has 1 aromatic heterocycles. The van der Waals surface area contributed by atoms with E-state index in [2.05, 4.69) is 4.98 Å². The summed E-state index contributed by atoms with van der Waals surface area (Å²) in [7, 11) is 0. The molecule has 1 nitrogen and oxygen atoms in total. The molecule has 2 rings (SSSR count).